The van der Waals surface area contributed by atoms with Gasteiger partial charge < -0.3 is 0 Å². The van der Waals surface area contributed by atoms with Crippen molar-refractivity contribution < 1.29 is 0 Å². The fraction of sp³-hybridized carbons (Fsp3) is 0.125. The van der Waals surface area contributed by atoms with Gasteiger partial charge in [0.25, 0.3) is 0 Å². The predicted molar refractivity (Wildman–Crippen MR) is 46.2 cm³/mol. The Morgan fingerprint density at radius 2 is 2.45 bits per heavy atom. The number of aryl methyl sites for hydroxylation is 1. The van der Waals surface area contributed by atoms with Gasteiger partial charge in [0.15, 0.2) is 0 Å². The second-order valence-corrected chi connectivity index (χ2v) is 3.22. The van der Waals surface area contributed by atoms with Crippen LogP contribution in [0.2, 0.25) is 0 Å². The molecule has 0 atom stereocenters. The lowest BCUT2D eigenvalue weighted by Gasteiger charge is -1.97. The molecule has 0 saturated heterocycles. The molecule has 0 aliphatic rings. The van der Waals surface area contributed by atoms with Crippen molar-refractivity contribution in [3.8, 4) is 5.00 Å². The largest absolute Gasteiger partial charge is 0.295 e. The Hall–Kier alpha value is -1.09. The lowest BCUT2D eigenvalue weighted by molar-refractivity contribution is 0.994. The van der Waals surface area contributed by atoms with Crippen molar-refractivity contribution in [3.63, 3.8) is 0 Å². The summed E-state index contributed by atoms with van der Waals surface area (Å²) >= 11 is 1.72. The van der Waals surface area contributed by atoms with Crippen LogP contribution >= 0.6 is 11.3 Å². The molecule has 2 rings (SSSR count). The molecule has 0 fully saturated rings. The zero-order valence-corrected chi connectivity index (χ0v) is 7.01. The summed E-state index contributed by atoms with van der Waals surface area (Å²) < 4.78 is 2.07. The van der Waals surface area contributed by atoms with Crippen molar-refractivity contribution >= 4 is 11.3 Å². The second kappa shape index (κ2) is 2.51. The Balaban J connectivity index is 2.53. The molecule has 0 spiro atoms. The fourth-order valence-electron chi connectivity index (χ4n) is 1.02. The maximum Gasteiger partial charge on any atom is 0.110 e. The van der Waals surface area contributed by atoms with Crippen LogP contribution in [0.3, 0.4) is 0 Å². The van der Waals surface area contributed by atoms with Crippen LogP contribution in [0.1, 0.15) is 5.82 Å². The first-order valence-corrected chi connectivity index (χ1v) is 4.30. The van der Waals surface area contributed by atoms with Gasteiger partial charge in [-0.2, -0.15) is 0 Å². The number of thiophene rings is 1. The highest BCUT2D eigenvalue weighted by Gasteiger charge is 1.98. The van der Waals surface area contributed by atoms with Crippen molar-refractivity contribution in [2.75, 3.05) is 0 Å². The van der Waals surface area contributed by atoms with Gasteiger partial charge in [-0.3, -0.25) is 4.57 Å². The minimum absolute atomic E-state index is 1.03. The number of imidazole rings is 1. The Labute approximate surface area is 69.1 Å². The maximum absolute atomic E-state index is 4.14. The zero-order valence-electron chi connectivity index (χ0n) is 6.19. The van der Waals surface area contributed by atoms with Crippen LogP contribution in [-0.2, 0) is 0 Å². The lowest BCUT2D eigenvalue weighted by atomic mass is 10.6. The monoisotopic (exact) mass is 164 g/mol. The molecular formula is C8H8N2S. The summed E-state index contributed by atoms with van der Waals surface area (Å²) in [7, 11) is 0. The molecule has 0 unspecified atom stereocenters. The molecule has 0 saturated carbocycles. The summed E-state index contributed by atoms with van der Waals surface area (Å²) in [6.07, 6.45) is 3.79. The summed E-state index contributed by atoms with van der Waals surface area (Å²) in [6, 6.07) is 4.12. The summed E-state index contributed by atoms with van der Waals surface area (Å²) in [4.78, 5) is 4.14. The Bertz CT molecular complexity index is 335. The molecule has 11 heavy (non-hydrogen) atoms. The first-order valence-electron chi connectivity index (χ1n) is 3.42. The van der Waals surface area contributed by atoms with Crippen molar-refractivity contribution in [3.05, 3.63) is 35.7 Å². The van der Waals surface area contributed by atoms with Gasteiger partial charge in [0.05, 0.1) is 0 Å². The van der Waals surface area contributed by atoms with E-state index in [2.05, 4.69) is 21.0 Å². The first-order chi connectivity index (χ1) is 5.38. The molecule has 2 heterocycles. The maximum atomic E-state index is 4.14. The number of hydrogen-bond acceptors (Lipinski definition) is 2. The van der Waals surface area contributed by atoms with Crippen LogP contribution < -0.4 is 0 Å². The van der Waals surface area contributed by atoms with Crippen LogP contribution in [0.5, 0.6) is 0 Å². The number of aromatic nitrogens is 2. The van der Waals surface area contributed by atoms with Crippen molar-refractivity contribution in [1.29, 1.82) is 0 Å². The molecule has 0 radical (unpaired) electrons. The van der Waals surface area contributed by atoms with E-state index in [1.54, 1.807) is 11.3 Å². The molecule has 2 aromatic rings. The highest BCUT2D eigenvalue weighted by Crippen LogP contribution is 2.15. The highest BCUT2D eigenvalue weighted by atomic mass is 32.1. The molecule has 0 aliphatic carbocycles. The van der Waals surface area contributed by atoms with Crippen molar-refractivity contribution in [2.45, 2.75) is 6.92 Å². The van der Waals surface area contributed by atoms with Crippen LogP contribution in [-0.4, -0.2) is 9.55 Å². The van der Waals surface area contributed by atoms with E-state index in [-0.39, 0.29) is 0 Å². The molecule has 0 N–H and O–H groups in total. The van der Waals surface area contributed by atoms with Crippen LogP contribution in [0.4, 0.5) is 0 Å². The fourth-order valence-corrected chi connectivity index (χ4v) is 1.78. The first kappa shape index (κ1) is 6.61. The Kier molecular flexibility index (Phi) is 1.51. The van der Waals surface area contributed by atoms with E-state index in [4.69, 9.17) is 0 Å². The summed E-state index contributed by atoms with van der Waals surface area (Å²) in [6.45, 7) is 2.00. The molecule has 56 valence electrons. The second-order valence-electron chi connectivity index (χ2n) is 2.30. The molecule has 2 nitrogen and oxygen atoms in total. The van der Waals surface area contributed by atoms with E-state index in [1.807, 2.05) is 25.4 Å². The van der Waals surface area contributed by atoms with E-state index in [0.29, 0.717) is 0 Å². The van der Waals surface area contributed by atoms with Gasteiger partial charge in [0, 0.05) is 12.4 Å². The van der Waals surface area contributed by atoms with Gasteiger partial charge in [-0.05, 0) is 24.4 Å². The van der Waals surface area contributed by atoms with Crippen molar-refractivity contribution in [1.82, 2.24) is 9.55 Å². The summed E-state index contributed by atoms with van der Waals surface area (Å²) in [5, 5.41) is 3.29. The third-order valence-corrected chi connectivity index (χ3v) is 2.44. The average molecular weight is 164 g/mol. The van der Waals surface area contributed by atoms with E-state index in [9.17, 15) is 0 Å². The zero-order chi connectivity index (χ0) is 7.68. The standard InChI is InChI=1S/C8H8N2S/c1-7-9-4-5-10(7)8-3-2-6-11-8/h2-6H,1H3. The van der Waals surface area contributed by atoms with E-state index >= 15 is 0 Å². The van der Waals surface area contributed by atoms with Gasteiger partial charge >= 0.3 is 0 Å². The third kappa shape index (κ3) is 1.07. The Morgan fingerprint density at radius 3 is 3.00 bits per heavy atom. The average Bonchev–Trinajstić information content (AvgIpc) is 2.55. The van der Waals surface area contributed by atoms with Crippen LogP contribution in [0.25, 0.3) is 5.00 Å². The number of hydrogen-bond donors (Lipinski definition) is 0. The molecule has 2 aromatic heterocycles. The molecule has 0 bridgehead atoms. The quantitative estimate of drug-likeness (QED) is 0.632. The number of rotatable bonds is 1. The summed E-state index contributed by atoms with van der Waals surface area (Å²) in [5.74, 6) is 1.03. The molecule has 0 amide bonds. The predicted octanol–water partition coefficient (Wildman–Crippen LogP) is 2.24. The minimum atomic E-state index is 1.03. The SMILES string of the molecule is Cc1nccn1-c1cccs1. The highest BCUT2D eigenvalue weighted by molar-refractivity contribution is 7.12. The van der Waals surface area contributed by atoms with Crippen molar-refractivity contribution in [2.24, 2.45) is 0 Å². The van der Waals surface area contributed by atoms with Gasteiger partial charge in [-0.25, -0.2) is 4.98 Å². The van der Waals surface area contributed by atoms with Gasteiger partial charge in [-0.15, -0.1) is 11.3 Å². The van der Waals surface area contributed by atoms with Gasteiger partial charge in [0.2, 0.25) is 0 Å². The van der Waals surface area contributed by atoms with Gasteiger partial charge in [0.1, 0.15) is 10.8 Å². The lowest BCUT2D eigenvalue weighted by Crippen LogP contribution is -1.90. The Morgan fingerprint density at radius 1 is 1.55 bits per heavy atom. The van der Waals surface area contributed by atoms with Crippen LogP contribution in [0, 0.1) is 6.92 Å². The molecular weight excluding hydrogens is 156 g/mol. The normalized spacial score (nSPS) is 10.3. The molecule has 0 aliphatic heterocycles. The molecule has 0 aromatic carbocycles. The van der Waals surface area contributed by atoms with E-state index < -0.39 is 0 Å². The smallest absolute Gasteiger partial charge is 0.110 e. The van der Waals surface area contributed by atoms with Gasteiger partial charge in [-0.1, -0.05) is 0 Å². The van der Waals surface area contributed by atoms with E-state index in [0.717, 1.165) is 5.82 Å². The topological polar surface area (TPSA) is 17.8 Å². The van der Waals surface area contributed by atoms with E-state index in [1.165, 1.54) is 5.00 Å². The minimum Gasteiger partial charge on any atom is -0.295 e. The van der Waals surface area contributed by atoms with Crippen LogP contribution in [0.15, 0.2) is 29.9 Å². The number of nitrogens with zero attached hydrogens (tertiary/aromatic N) is 2. The summed E-state index contributed by atoms with van der Waals surface area (Å²) in [5.41, 5.74) is 0. The molecule has 3 heteroatoms. The third-order valence-electron chi connectivity index (χ3n) is 1.57.